The number of hydrogen-bond acceptors (Lipinski definition) is 2. The van der Waals surface area contributed by atoms with E-state index in [4.69, 9.17) is 5.73 Å². The van der Waals surface area contributed by atoms with Gasteiger partial charge >= 0.3 is 0 Å². The Hall–Kier alpha value is -0.860. The fourth-order valence-electron chi connectivity index (χ4n) is 3.22. The van der Waals surface area contributed by atoms with Gasteiger partial charge in [0.2, 0.25) is 0 Å². The van der Waals surface area contributed by atoms with E-state index < -0.39 is 0 Å². The minimum absolute atomic E-state index is 0.311. The molecule has 2 nitrogen and oxygen atoms in total. The molecule has 0 aliphatic carbocycles. The molecule has 1 saturated heterocycles. The molecule has 1 aromatic rings. The van der Waals surface area contributed by atoms with E-state index in [9.17, 15) is 0 Å². The van der Waals surface area contributed by atoms with Crippen LogP contribution in [0.2, 0.25) is 0 Å². The summed E-state index contributed by atoms with van der Waals surface area (Å²) in [6.07, 6.45) is 4.89. The molecular formula is C18H30N2. The third kappa shape index (κ3) is 4.92. The Bertz CT molecular complexity index is 366. The van der Waals surface area contributed by atoms with Crippen LogP contribution < -0.4 is 5.73 Å². The molecule has 2 rings (SSSR count). The van der Waals surface area contributed by atoms with Gasteiger partial charge in [-0.25, -0.2) is 0 Å². The van der Waals surface area contributed by atoms with Crippen molar-refractivity contribution >= 4 is 0 Å². The lowest BCUT2D eigenvalue weighted by molar-refractivity contribution is 0.150. The number of piperidine rings is 1. The highest BCUT2D eigenvalue weighted by atomic mass is 15.1. The van der Waals surface area contributed by atoms with E-state index in [0.29, 0.717) is 6.04 Å². The molecule has 112 valence electrons. The highest BCUT2D eigenvalue weighted by molar-refractivity contribution is 5.14. The van der Waals surface area contributed by atoms with Crippen LogP contribution in [0, 0.1) is 11.8 Å². The van der Waals surface area contributed by atoms with Gasteiger partial charge in [-0.2, -0.15) is 0 Å². The topological polar surface area (TPSA) is 29.3 Å². The SMILES string of the molecule is CC(C)C1CCN(CC(N)CCc2ccccc2)CC1. The molecule has 0 spiro atoms. The van der Waals surface area contributed by atoms with Gasteiger partial charge in [-0.1, -0.05) is 44.2 Å². The van der Waals surface area contributed by atoms with Gasteiger partial charge in [0, 0.05) is 12.6 Å². The van der Waals surface area contributed by atoms with Crippen LogP contribution >= 0.6 is 0 Å². The highest BCUT2D eigenvalue weighted by Crippen LogP contribution is 2.24. The van der Waals surface area contributed by atoms with Crippen molar-refractivity contribution in [1.29, 1.82) is 0 Å². The molecule has 1 heterocycles. The monoisotopic (exact) mass is 274 g/mol. The average Bonchev–Trinajstić information content (AvgIpc) is 2.47. The molecule has 1 unspecified atom stereocenters. The average molecular weight is 274 g/mol. The van der Waals surface area contributed by atoms with Crippen molar-refractivity contribution in [1.82, 2.24) is 4.90 Å². The second kappa shape index (κ2) is 7.80. The predicted octanol–water partition coefficient (Wildman–Crippen LogP) is 3.31. The van der Waals surface area contributed by atoms with Crippen LogP contribution in [-0.2, 0) is 6.42 Å². The molecule has 2 N–H and O–H groups in total. The quantitative estimate of drug-likeness (QED) is 0.862. The van der Waals surface area contributed by atoms with E-state index in [1.54, 1.807) is 0 Å². The van der Waals surface area contributed by atoms with E-state index in [1.165, 1.54) is 31.5 Å². The fraction of sp³-hybridized carbons (Fsp3) is 0.667. The number of rotatable bonds is 6. The number of nitrogens with zero attached hydrogens (tertiary/aromatic N) is 1. The molecular weight excluding hydrogens is 244 g/mol. The summed E-state index contributed by atoms with van der Waals surface area (Å²) in [6, 6.07) is 11.0. The van der Waals surface area contributed by atoms with Gasteiger partial charge in [0.15, 0.2) is 0 Å². The highest BCUT2D eigenvalue weighted by Gasteiger charge is 2.22. The van der Waals surface area contributed by atoms with E-state index in [-0.39, 0.29) is 0 Å². The van der Waals surface area contributed by atoms with Crippen LogP contribution in [0.3, 0.4) is 0 Å². The smallest absolute Gasteiger partial charge is 0.0170 e. The van der Waals surface area contributed by atoms with Crippen LogP contribution in [0.1, 0.15) is 38.7 Å². The second-order valence-electron chi connectivity index (χ2n) is 6.67. The second-order valence-corrected chi connectivity index (χ2v) is 6.67. The minimum atomic E-state index is 0.311. The van der Waals surface area contributed by atoms with Gasteiger partial charge in [-0.15, -0.1) is 0 Å². The summed E-state index contributed by atoms with van der Waals surface area (Å²) in [7, 11) is 0. The third-order valence-electron chi connectivity index (χ3n) is 4.71. The van der Waals surface area contributed by atoms with Gasteiger partial charge in [-0.3, -0.25) is 0 Å². The number of nitrogens with two attached hydrogens (primary N) is 1. The zero-order valence-electron chi connectivity index (χ0n) is 13.1. The third-order valence-corrected chi connectivity index (χ3v) is 4.71. The van der Waals surface area contributed by atoms with Gasteiger partial charge < -0.3 is 10.6 Å². The van der Waals surface area contributed by atoms with E-state index >= 15 is 0 Å². The summed E-state index contributed by atoms with van der Waals surface area (Å²) in [6.45, 7) is 8.25. The Labute approximate surface area is 124 Å². The molecule has 1 fully saturated rings. The molecule has 20 heavy (non-hydrogen) atoms. The van der Waals surface area contributed by atoms with Crippen LogP contribution in [-0.4, -0.2) is 30.6 Å². The molecule has 2 heteroatoms. The van der Waals surface area contributed by atoms with Crippen molar-refractivity contribution in [2.75, 3.05) is 19.6 Å². The van der Waals surface area contributed by atoms with Crippen LogP contribution in [0.15, 0.2) is 30.3 Å². The largest absolute Gasteiger partial charge is 0.327 e. The lowest BCUT2D eigenvalue weighted by atomic mass is 9.86. The summed E-state index contributed by atoms with van der Waals surface area (Å²) in [5.74, 6) is 1.76. The van der Waals surface area contributed by atoms with Crippen molar-refractivity contribution in [3.8, 4) is 0 Å². The van der Waals surface area contributed by atoms with E-state index in [2.05, 4.69) is 49.1 Å². The molecule has 1 atom stereocenters. The van der Waals surface area contributed by atoms with Crippen molar-refractivity contribution in [3.63, 3.8) is 0 Å². The lowest BCUT2D eigenvalue weighted by Gasteiger charge is -2.35. The maximum absolute atomic E-state index is 6.31. The first kappa shape index (κ1) is 15.5. The number of likely N-dealkylation sites (tertiary alicyclic amines) is 1. The Morgan fingerprint density at radius 1 is 1.15 bits per heavy atom. The van der Waals surface area contributed by atoms with Crippen molar-refractivity contribution in [2.24, 2.45) is 17.6 Å². The van der Waals surface area contributed by atoms with Crippen LogP contribution in [0.4, 0.5) is 0 Å². The molecule has 0 radical (unpaired) electrons. The Balaban J connectivity index is 1.66. The summed E-state index contributed by atoms with van der Waals surface area (Å²) in [4.78, 5) is 2.56. The normalized spacial score (nSPS) is 19.4. The number of aryl methyl sites for hydroxylation is 1. The van der Waals surface area contributed by atoms with E-state index in [0.717, 1.165) is 31.2 Å². The molecule has 0 amide bonds. The molecule has 1 aromatic carbocycles. The van der Waals surface area contributed by atoms with Crippen molar-refractivity contribution in [2.45, 2.75) is 45.6 Å². The van der Waals surface area contributed by atoms with E-state index in [1.807, 2.05) is 0 Å². The van der Waals surface area contributed by atoms with Gasteiger partial charge in [0.1, 0.15) is 0 Å². The van der Waals surface area contributed by atoms with Gasteiger partial charge in [0.25, 0.3) is 0 Å². The van der Waals surface area contributed by atoms with Crippen molar-refractivity contribution < 1.29 is 0 Å². The minimum Gasteiger partial charge on any atom is -0.327 e. The lowest BCUT2D eigenvalue weighted by Crippen LogP contribution is -2.42. The first-order valence-electron chi connectivity index (χ1n) is 8.17. The molecule has 1 aliphatic rings. The van der Waals surface area contributed by atoms with Gasteiger partial charge in [0.05, 0.1) is 0 Å². The Morgan fingerprint density at radius 2 is 1.80 bits per heavy atom. The zero-order valence-corrected chi connectivity index (χ0v) is 13.1. The molecule has 1 aliphatic heterocycles. The number of hydrogen-bond donors (Lipinski definition) is 1. The molecule has 0 aromatic heterocycles. The molecule has 0 bridgehead atoms. The van der Waals surface area contributed by atoms with Crippen LogP contribution in [0.5, 0.6) is 0 Å². The summed E-state index contributed by atoms with van der Waals surface area (Å²) in [5.41, 5.74) is 7.71. The predicted molar refractivity (Wildman–Crippen MR) is 86.7 cm³/mol. The summed E-state index contributed by atoms with van der Waals surface area (Å²) < 4.78 is 0. The maximum Gasteiger partial charge on any atom is 0.0170 e. The van der Waals surface area contributed by atoms with Gasteiger partial charge in [-0.05, 0) is 56.2 Å². The standard InChI is InChI=1S/C18H30N2/c1-15(2)17-10-12-20(13-11-17)14-18(19)9-8-16-6-4-3-5-7-16/h3-7,15,17-18H,8-14,19H2,1-2H3. The summed E-state index contributed by atoms with van der Waals surface area (Å²) in [5, 5.41) is 0. The fourth-order valence-corrected chi connectivity index (χ4v) is 3.22. The number of benzene rings is 1. The maximum atomic E-state index is 6.31. The first-order chi connectivity index (χ1) is 9.65. The first-order valence-corrected chi connectivity index (χ1v) is 8.17. The van der Waals surface area contributed by atoms with Crippen LogP contribution in [0.25, 0.3) is 0 Å². The summed E-state index contributed by atoms with van der Waals surface area (Å²) >= 11 is 0. The zero-order chi connectivity index (χ0) is 14.4. The Kier molecular flexibility index (Phi) is 6.06. The molecule has 0 saturated carbocycles. The van der Waals surface area contributed by atoms with Crippen molar-refractivity contribution in [3.05, 3.63) is 35.9 Å². The Morgan fingerprint density at radius 3 is 2.40 bits per heavy atom.